The molecule has 25 heavy (non-hydrogen) atoms. The van der Waals surface area contributed by atoms with E-state index in [2.05, 4.69) is 11.7 Å². The third-order valence-electron chi connectivity index (χ3n) is 4.64. The van der Waals surface area contributed by atoms with Crippen LogP contribution in [-0.2, 0) is 19.6 Å². The fraction of sp³-hybridized carbons (Fsp3) is 0.947. The molecule has 5 nitrogen and oxygen atoms in total. The molecule has 1 N–H and O–H groups in total. The van der Waals surface area contributed by atoms with Crippen LogP contribution < -0.4 is 0 Å². The molecule has 0 bridgehead atoms. The predicted octanol–water partition coefficient (Wildman–Crippen LogP) is 5.29. The molecule has 0 fully saturated rings. The van der Waals surface area contributed by atoms with Gasteiger partial charge in [-0.3, -0.25) is 9.35 Å². The summed E-state index contributed by atoms with van der Waals surface area (Å²) in [7, 11) is -3.24. The van der Waals surface area contributed by atoms with E-state index in [-0.39, 0.29) is 6.42 Å². The second kappa shape index (κ2) is 15.6. The monoisotopic (exact) mass is 378 g/mol. The molecule has 0 amide bonds. The number of carbonyl (C=O) groups excluding carboxylic acids is 1. The zero-order valence-electron chi connectivity index (χ0n) is 16.2. The van der Waals surface area contributed by atoms with Gasteiger partial charge in [0, 0.05) is 0 Å². The summed E-state index contributed by atoms with van der Waals surface area (Å²) in [5.74, 6) is -0.878. The highest BCUT2D eigenvalue weighted by molar-refractivity contribution is 7.87. The Hall–Kier alpha value is -0.620. The molecule has 0 spiro atoms. The van der Waals surface area contributed by atoms with Crippen LogP contribution in [0.15, 0.2) is 0 Å². The lowest BCUT2D eigenvalue weighted by molar-refractivity contribution is -0.140. The van der Waals surface area contributed by atoms with E-state index >= 15 is 0 Å². The Labute approximate surface area is 154 Å². The fourth-order valence-electron chi connectivity index (χ4n) is 3.04. The quantitative estimate of drug-likeness (QED) is 0.211. The highest BCUT2D eigenvalue weighted by atomic mass is 32.2. The molecule has 6 heteroatoms. The number of rotatable bonds is 17. The lowest BCUT2D eigenvalue weighted by atomic mass is 10.0. The summed E-state index contributed by atoms with van der Waals surface area (Å²) < 4.78 is 35.8. The van der Waals surface area contributed by atoms with E-state index in [1.165, 1.54) is 64.2 Å². The molecule has 0 saturated heterocycles. The van der Waals surface area contributed by atoms with Gasteiger partial charge >= 0.3 is 5.97 Å². The summed E-state index contributed by atoms with van der Waals surface area (Å²) in [6.45, 7) is 2.24. The van der Waals surface area contributed by atoms with Gasteiger partial charge in [0.05, 0.1) is 7.11 Å². The van der Waals surface area contributed by atoms with Crippen LogP contribution in [0.25, 0.3) is 0 Å². The average molecular weight is 379 g/mol. The Morgan fingerprint density at radius 1 is 0.800 bits per heavy atom. The summed E-state index contributed by atoms with van der Waals surface area (Å²) in [6.07, 6.45) is 17.1. The number of unbranched alkanes of at least 4 members (excludes halogenated alkanes) is 13. The van der Waals surface area contributed by atoms with Gasteiger partial charge < -0.3 is 4.74 Å². The van der Waals surface area contributed by atoms with Crippen molar-refractivity contribution in [3.8, 4) is 0 Å². The molecule has 150 valence electrons. The third kappa shape index (κ3) is 14.3. The molecule has 0 radical (unpaired) electrons. The Morgan fingerprint density at radius 2 is 1.16 bits per heavy atom. The lowest BCUT2D eigenvalue weighted by Crippen LogP contribution is -2.30. The van der Waals surface area contributed by atoms with E-state index in [0.717, 1.165) is 26.4 Å². The van der Waals surface area contributed by atoms with Crippen LogP contribution in [0.4, 0.5) is 0 Å². The first-order chi connectivity index (χ1) is 11.9. The first-order valence-electron chi connectivity index (χ1n) is 9.97. The van der Waals surface area contributed by atoms with Gasteiger partial charge in [0.25, 0.3) is 10.1 Å². The zero-order chi connectivity index (χ0) is 19.0. The molecule has 0 heterocycles. The van der Waals surface area contributed by atoms with Crippen molar-refractivity contribution in [3.63, 3.8) is 0 Å². The van der Waals surface area contributed by atoms with Gasteiger partial charge in [-0.25, -0.2) is 0 Å². The average Bonchev–Trinajstić information content (AvgIpc) is 2.56. The van der Waals surface area contributed by atoms with Gasteiger partial charge in [0.1, 0.15) is 0 Å². The number of hydrogen-bond acceptors (Lipinski definition) is 4. The number of hydrogen-bond donors (Lipinski definition) is 1. The third-order valence-corrected chi connectivity index (χ3v) is 5.79. The normalized spacial score (nSPS) is 12.9. The van der Waals surface area contributed by atoms with Gasteiger partial charge in [-0.1, -0.05) is 96.8 Å². The maximum atomic E-state index is 11.4. The van der Waals surface area contributed by atoms with Crippen molar-refractivity contribution in [2.24, 2.45) is 0 Å². The van der Waals surface area contributed by atoms with Crippen LogP contribution in [0.2, 0.25) is 0 Å². The predicted molar refractivity (Wildman–Crippen MR) is 102 cm³/mol. The Balaban J connectivity index is 3.47. The first kappa shape index (κ1) is 24.4. The summed E-state index contributed by atoms with van der Waals surface area (Å²) >= 11 is 0. The first-order valence-corrected chi connectivity index (χ1v) is 11.5. The lowest BCUT2D eigenvalue weighted by Gasteiger charge is -2.11. The minimum Gasteiger partial charge on any atom is -0.468 e. The van der Waals surface area contributed by atoms with E-state index in [4.69, 9.17) is 4.55 Å². The van der Waals surface area contributed by atoms with E-state index in [1.54, 1.807) is 0 Å². The van der Waals surface area contributed by atoms with Gasteiger partial charge in [-0.05, 0) is 6.42 Å². The second-order valence-electron chi connectivity index (χ2n) is 6.91. The maximum Gasteiger partial charge on any atom is 0.326 e. The zero-order valence-corrected chi connectivity index (χ0v) is 17.0. The van der Waals surface area contributed by atoms with Crippen molar-refractivity contribution in [2.45, 2.75) is 108 Å². The van der Waals surface area contributed by atoms with Crippen molar-refractivity contribution in [1.82, 2.24) is 0 Å². The van der Waals surface area contributed by atoms with Crippen molar-refractivity contribution in [3.05, 3.63) is 0 Å². The Morgan fingerprint density at radius 3 is 1.48 bits per heavy atom. The molecular formula is C19H38O5S. The number of methoxy groups -OCH3 is 1. The van der Waals surface area contributed by atoms with Crippen LogP contribution in [0.1, 0.15) is 103 Å². The van der Waals surface area contributed by atoms with E-state index in [9.17, 15) is 13.2 Å². The van der Waals surface area contributed by atoms with Crippen LogP contribution in [0.5, 0.6) is 0 Å². The SMILES string of the molecule is CCCCCCCCCCCCCCCC[C@H](C(=O)OC)S(=O)(=O)O. The van der Waals surface area contributed by atoms with E-state index in [0.29, 0.717) is 6.42 Å². The molecule has 1 atom stereocenters. The number of ether oxygens (including phenoxy) is 1. The number of esters is 1. The van der Waals surface area contributed by atoms with Crippen molar-refractivity contribution < 1.29 is 22.5 Å². The Bertz CT molecular complexity index is 420. The van der Waals surface area contributed by atoms with E-state index < -0.39 is 21.3 Å². The molecule has 0 aliphatic carbocycles. The van der Waals surface area contributed by atoms with Gasteiger partial charge in [0.15, 0.2) is 5.25 Å². The standard InChI is InChI=1S/C19H38O5S/c1-3-4-5-6-7-8-9-10-11-12-13-14-15-16-17-18(19(20)24-2)25(21,22)23/h18H,3-17H2,1-2H3,(H,21,22,23)/t18-/m1/s1. The molecule has 0 aromatic carbocycles. The van der Waals surface area contributed by atoms with Crippen molar-refractivity contribution >= 4 is 16.1 Å². The highest BCUT2D eigenvalue weighted by Gasteiger charge is 2.31. The largest absolute Gasteiger partial charge is 0.468 e. The highest BCUT2D eigenvalue weighted by Crippen LogP contribution is 2.15. The number of carbonyl (C=O) groups is 1. The molecular weight excluding hydrogens is 340 g/mol. The minimum atomic E-state index is -4.37. The van der Waals surface area contributed by atoms with Gasteiger partial charge in [0.2, 0.25) is 0 Å². The molecule has 0 aromatic heterocycles. The smallest absolute Gasteiger partial charge is 0.326 e. The van der Waals surface area contributed by atoms with Gasteiger partial charge in [-0.15, -0.1) is 0 Å². The van der Waals surface area contributed by atoms with Crippen LogP contribution in [0, 0.1) is 0 Å². The van der Waals surface area contributed by atoms with Crippen LogP contribution in [0.3, 0.4) is 0 Å². The Kier molecular flexibility index (Phi) is 15.2. The van der Waals surface area contributed by atoms with Crippen molar-refractivity contribution in [1.29, 1.82) is 0 Å². The van der Waals surface area contributed by atoms with E-state index in [1.807, 2.05) is 0 Å². The molecule has 0 unspecified atom stereocenters. The van der Waals surface area contributed by atoms with Crippen LogP contribution >= 0.6 is 0 Å². The fourth-order valence-corrected chi connectivity index (χ4v) is 3.85. The molecule has 0 aliphatic rings. The summed E-state index contributed by atoms with van der Waals surface area (Å²) in [5, 5.41) is -1.44. The summed E-state index contributed by atoms with van der Waals surface area (Å²) in [4.78, 5) is 11.4. The summed E-state index contributed by atoms with van der Waals surface area (Å²) in [6, 6.07) is 0. The molecule has 0 aromatic rings. The minimum absolute atomic E-state index is 0.129. The molecule has 0 rings (SSSR count). The van der Waals surface area contributed by atoms with Crippen LogP contribution in [-0.4, -0.2) is 31.3 Å². The maximum absolute atomic E-state index is 11.4. The topological polar surface area (TPSA) is 80.7 Å². The molecule has 0 aliphatic heterocycles. The van der Waals surface area contributed by atoms with Crippen molar-refractivity contribution in [2.75, 3.05) is 7.11 Å². The second-order valence-corrected chi connectivity index (χ2v) is 8.51. The molecule has 0 saturated carbocycles. The van der Waals surface area contributed by atoms with Gasteiger partial charge in [-0.2, -0.15) is 8.42 Å². The summed E-state index contributed by atoms with van der Waals surface area (Å²) in [5.41, 5.74) is 0.